The first-order valence-corrected chi connectivity index (χ1v) is 4.68. The molecule has 1 nitrogen and oxygen atoms in total. The fraction of sp³-hybridized carbons (Fsp3) is 0.455. The number of hydrogen-bond donors (Lipinski definition) is 0. The van der Waals surface area contributed by atoms with Crippen LogP contribution in [0.25, 0.3) is 0 Å². The Balaban J connectivity index is 2.57. The summed E-state index contributed by atoms with van der Waals surface area (Å²) in [6.07, 6.45) is -4.56. The molecule has 0 unspecified atom stereocenters. The van der Waals surface area contributed by atoms with Gasteiger partial charge in [-0.15, -0.1) is 13.2 Å². The Kier molecular flexibility index (Phi) is 3.74. The van der Waals surface area contributed by atoms with Gasteiger partial charge in [0.05, 0.1) is 6.61 Å². The smallest absolute Gasteiger partial charge is 0.287 e. The minimum Gasteiger partial charge on any atom is -0.287 e. The minimum atomic E-state index is -4.56. The van der Waals surface area contributed by atoms with Crippen molar-refractivity contribution in [1.82, 2.24) is 0 Å². The lowest BCUT2D eigenvalue weighted by molar-refractivity contribution is -0.330. The van der Waals surface area contributed by atoms with Crippen LogP contribution in [-0.2, 0) is 11.3 Å². The Labute approximate surface area is 86.9 Å². The Morgan fingerprint density at radius 3 is 2.07 bits per heavy atom. The summed E-state index contributed by atoms with van der Waals surface area (Å²) in [6.45, 7) is 3.63. The first kappa shape index (κ1) is 12.0. The van der Waals surface area contributed by atoms with E-state index in [1.165, 1.54) is 0 Å². The molecule has 0 saturated heterocycles. The molecule has 0 radical (unpaired) electrons. The van der Waals surface area contributed by atoms with E-state index in [0.29, 0.717) is 11.5 Å². The zero-order valence-corrected chi connectivity index (χ0v) is 8.64. The molecule has 0 heterocycles. The third kappa shape index (κ3) is 4.34. The van der Waals surface area contributed by atoms with Gasteiger partial charge in [-0.25, -0.2) is 0 Å². The summed E-state index contributed by atoms with van der Waals surface area (Å²) in [5.41, 5.74) is 1.63. The van der Waals surface area contributed by atoms with Gasteiger partial charge in [0.25, 0.3) is 0 Å². The van der Waals surface area contributed by atoms with E-state index in [0.717, 1.165) is 5.56 Å². The Hall–Kier alpha value is -1.03. The van der Waals surface area contributed by atoms with E-state index >= 15 is 0 Å². The van der Waals surface area contributed by atoms with Gasteiger partial charge in [0, 0.05) is 0 Å². The molecule has 1 aromatic rings. The van der Waals surface area contributed by atoms with Crippen LogP contribution in [0, 0.1) is 0 Å². The quantitative estimate of drug-likeness (QED) is 0.748. The predicted molar refractivity (Wildman–Crippen MR) is 51.4 cm³/mol. The third-order valence-electron chi connectivity index (χ3n) is 2.05. The summed E-state index contributed by atoms with van der Waals surface area (Å²) >= 11 is 0. The summed E-state index contributed by atoms with van der Waals surface area (Å²) in [7, 11) is 0. The molecule has 0 amide bonds. The average molecular weight is 218 g/mol. The Morgan fingerprint density at radius 1 is 1.13 bits per heavy atom. The second kappa shape index (κ2) is 4.66. The lowest BCUT2D eigenvalue weighted by atomic mass is 10.0. The highest BCUT2D eigenvalue weighted by Gasteiger charge is 2.28. The number of alkyl halides is 3. The molecule has 84 valence electrons. The van der Waals surface area contributed by atoms with Crippen molar-refractivity contribution >= 4 is 0 Å². The second-order valence-electron chi connectivity index (χ2n) is 3.63. The molecule has 1 aromatic carbocycles. The Bertz CT molecular complexity index is 301. The lowest BCUT2D eigenvalue weighted by Gasteiger charge is -2.09. The van der Waals surface area contributed by atoms with Gasteiger partial charge < -0.3 is 0 Å². The van der Waals surface area contributed by atoms with Crippen molar-refractivity contribution in [3.63, 3.8) is 0 Å². The topological polar surface area (TPSA) is 9.23 Å². The molecule has 0 fully saturated rings. The van der Waals surface area contributed by atoms with E-state index < -0.39 is 13.0 Å². The molecule has 0 N–H and O–H groups in total. The molecule has 0 aromatic heterocycles. The molecule has 0 aliphatic rings. The molecule has 0 spiro atoms. The molecule has 1 rings (SSSR count). The molecule has 0 atom stereocenters. The SMILES string of the molecule is CC(C)c1ccc(COC(F)(F)F)cc1. The first-order chi connectivity index (χ1) is 6.88. The zero-order valence-electron chi connectivity index (χ0n) is 8.64. The maximum atomic E-state index is 11.7. The van der Waals surface area contributed by atoms with Gasteiger partial charge in [0.1, 0.15) is 0 Å². The second-order valence-corrected chi connectivity index (χ2v) is 3.63. The summed E-state index contributed by atoms with van der Waals surface area (Å²) < 4.78 is 38.9. The van der Waals surface area contributed by atoms with Crippen LogP contribution in [-0.4, -0.2) is 6.36 Å². The van der Waals surface area contributed by atoms with Gasteiger partial charge >= 0.3 is 6.36 Å². The number of ether oxygens (including phenoxy) is 1. The molecule has 4 heteroatoms. The summed E-state index contributed by atoms with van der Waals surface area (Å²) in [4.78, 5) is 0. The lowest BCUT2D eigenvalue weighted by Crippen LogP contribution is -2.12. The van der Waals surface area contributed by atoms with Crippen molar-refractivity contribution in [2.75, 3.05) is 0 Å². The van der Waals surface area contributed by atoms with Crippen molar-refractivity contribution in [3.8, 4) is 0 Å². The van der Waals surface area contributed by atoms with Crippen LogP contribution in [0.3, 0.4) is 0 Å². The summed E-state index contributed by atoms with van der Waals surface area (Å²) in [5.74, 6) is 0.377. The fourth-order valence-electron chi connectivity index (χ4n) is 1.16. The van der Waals surface area contributed by atoms with Crippen molar-refractivity contribution in [2.24, 2.45) is 0 Å². The minimum absolute atomic E-state index is 0.377. The molecule has 0 bridgehead atoms. The van der Waals surface area contributed by atoms with Crippen molar-refractivity contribution in [3.05, 3.63) is 35.4 Å². The van der Waals surface area contributed by atoms with Crippen LogP contribution in [0.4, 0.5) is 13.2 Å². The van der Waals surface area contributed by atoms with Crippen LogP contribution >= 0.6 is 0 Å². The van der Waals surface area contributed by atoms with Gasteiger partial charge in [0.2, 0.25) is 0 Å². The highest BCUT2D eigenvalue weighted by molar-refractivity contribution is 5.24. The highest BCUT2D eigenvalue weighted by atomic mass is 19.4. The number of hydrogen-bond acceptors (Lipinski definition) is 1. The highest BCUT2D eigenvalue weighted by Crippen LogP contribution is 2.20. The molecular weight excluding hydrogens is 205 g/mol. The number of rotatable bonds is 3. The van der Waals surface area contributed by atoms with Gasteiger partial charge in [-0.2, -0.15) is 0 Å². The van der Waals surface area contributed by atoms with E-state index in [-0.39, 0.29) is 0 Å². The third-order valence-corrected chi connectivity index (χ3v) is 2.05. The predicted octanol–water partition coefficient (Wildman–Crippen LogP) is 3.85. The molecule has 0 aliphatic heterocycles. The zero-order chi connectivity index (χ0) is 11.5. The van der Waals surface area contributed by atoms with Gasteiger partial charge in [0.15, 0.2) is 0 Å². The summed E-state index contributed by atoms with van der Waals surface area (Å²) in [5, 5.41) is 0. The number of halogens is 3. The average Bonchev–Trinajstić information content (AvgIpc) is 2.14. The molecule has 0 saturated carbocycles. The van der Waals surface area contributed by atoms with E-state index in [1.807, 2.05) is 26.0 Å². The van der Waals surface area contributed by atoms with E-state index in [1.54, 1.807) is 12.1 Å². The standard InChI is InChI=1S/C11H13F3O/c1-8(2)10-5-3-9(4-6-10)7-15-11(12,13)14/h3-6,8H,7H2,1-2H3. The fourth-order valence-corrected chi connectivity index (χ4v) is 1.16. The van der Waals surface area contributed by atoms with Crippen LogP contribution in [0.5, 0.6) is 0 Å². The van der Waals surface area contributed by atoms with Crippen LogP contribution in [0.15, 0.2) is 24.3 Å². The first-order valence-electron chi connectivity index (χ1n) is 4.68. The molecule has 15 heavy (non-hydrogen) atoms. The summed E-state index contributed by atoms with van der Waals surface area (Å²) in [6, 6.07) is 6.95. The van der Waals surface area contributed by atoms with Gasteiger partial charge in [-0.1, -0.05) is 38.1 Å². The van der Waals surface area contributed by atoms with Crippen LogP contribution < -0.4 is 0 Å². The molecular formula is C11H13F3O. The van der Waals surface area contributed by atoms with E-state index in [9.17, 15) is 13.2 Å². The normalized spacial score (nSPS) is 12.1. The largest absolute Gasteiger partial charge is 0.522 e. The van der Waals surface area contributed by atoms with Crippen LogP contribution in [0.2, 0.25) is 0 Å². The Morgan fingerprint density at radius 2 is 1.67 bits per heavy atom. The van der Waals surface area contributed by atoms with Crippen molar-refractivity contribution < 1.29 is 17.9 Å². The van der Waals surface area contributed by atoms with Gasteiger partial charge in [-0.05, 0) is 17.0 Å². The molecule has 0 aliphatic carbocycles. The maximum absolute atomic E-state index is 11.7. The van der Waals surface area contributed by atoms with E-state index in [4.69, 9.17) is 0 Å². The monoisotopic (exact) mass is 218 g/mol. The van der Waals surface area contributed by atoms with Gasteiger partial charge in [-0.3, -0.25) is 4.74 Å². The maximum Gasteiger partial charge on any atom is 0.522 e. The van der Waals surface area contributed by atoms with Crippen LogP contribution in [0.1, 0.15) is 30.9 Å². The van der Waals surface area contributed by atoms with Crippen molar-refractivity contribution in [2.45, 2.75) is 32.7 Å². The van der Waals surface area contributed by atoms with Crippen molar-refractivity contribution in [1.29, 1.82) is 0 Å². The number of benzene rings is 1. The van der Waals surface area contributed by atoms with E-state index in [2.05, 4.69) is 4.74 Å².